The van der Waals surface area contributed by atoms with E-state index in [4.69, 9.17) is 36.3 Å². The van der Waals surface area contributed by atoms with Gasteiger partial charge in [-0.25, -0.2) is 0 Å². The third-order valence-corrected chi connectivity index (χ3v) is 5.79. The van der Waals surface area contributed by atoms with Crippen LogP contribution in [0.2, 0.25) is 5.02 Å². The molecule has 0 aliphatic carbocycles. The van der Waals surface area contributed by atoms with Crippen LogP contribution in [-0.4, -0.2) is 50.2 Å². The number of amides is 2. The highest BCUT2D eigenvalue weighted by Gasteiger charge is 2.32. The fourth-order valence-corrected chi connectivity index (χ4v) is 4.30. The van der Waals surface area contributed by atoms with E-state index in [1.807, 2.05) is 23.1 Å². The normalized spacial score (nSPS) is 17.6. The van der Waals surface area contributed by atoms with E-state index in [9.17, 15) is 9.59 Å². The van der Waals surface area contributed by atoms with Crippen LogP contribution in [0.25, 0.3) is 0 Å². The molecule has 2 heterocycles. The summed E-state index contributed by atoms with van der Waals surface area (Å²) >= 11 is 6.34. The largest absolute Gasteiger partial charge is 0.493 e. The van der Waals surface area contributed by atoms with Crippen LogP contribution in [0.1, 0.15) is 41.2 Å². The van der Waals surface area contributed by atoms with Gasteiger partial charge in [0.05, 0.1) is 31.4 Å². The zero-order chi connectivity index (χ0) is 22.7. The lowest BCUT2D eigenvalue weighted by molar-refractivity contribution is -0.119. The number of hydrogen-bond donors (Lipinski definition) is 1. The number of ether oxygens (including phenoxy) is 4. The Morgan fingerprint density at radius 2 is 1.94 bits per heavy atom. The molecule has 0 bridgehead atoms. The summed E-state index contributed by atoms with van der Waals surface area (Å²) in [5, 5.41) is 0.167. The minimum absolute atomic E-state index is 0.0878. The van der Waals surface area contributed by atoms with Gasteiger partial charge in [0.2, 0.25) is 0 Å². The molecular formula is C23H25ClN2O6. The number of methoxy groups -OCH3 is 1. The van der Waals surface area contributed by atoms with E-state index in [1.165, 1.54) is 13.2 Å². The van der Waals surface area contributed by atoms with Crippen molar-refractivity contribution < 1.29 is 28.5 Å². The Hall–Kier alpha value is -3.13. The van der Waals surface area contributed by atoms with Gasteiger partial charge in [-0.3, -0.25) is 9.59 Å². The second-order valence-electron chi connectivity index (χ2n) is 7.66. The summed E-state index contributed by atoms with van der Waals surface area (Å²) in [7, 11) is 1.44. The highest BCUT2D eigenvalue weighted by molar-refractivity contribution is 6.32. The van der Waals surface area contributed by atoms with Crippen LogP contribution in [0.5, 0.6) is 23.0 Å². The van der Waals surface area contributed by atoms with E-state index in [-0.39, 0.29) is 35.1 Å². The average Bonchev–Trinajstić information content (AvgIpc) is 3.15. The van der Waals surface area contributed by atoms with Gasteiger partial charge in [0.15, 0.2) is 29.6 Å². The van der Waals surface area contributed by atoms with E-state index in [2.05, 4.69) is 0 Å². The predicted molar refractivity (Wildman–Crippen MR) is 118 cm³/mol. The van der Waals surface area contributed by atoms with Gasteiger partial charge in [-0.1, -0.05) is 17.7 Å². The SMILES string of the molecule is COc1cc(C(=O)N2CCCC2c2ccc3c(c2)OCCCO3)cc(Cl)c1OCC(N)=O. The number of fused-ring (bicyclic) bond motifs is 1. The second kappa shape index (κ2) is 9.56. The lowest BCUT2D eigenvalue weighted by atomic mass is 10.0. The maximum Gasteiger partial charge on any atom is 0.255 e. The van der Waals surface area contributed by atoms with Gasteiger partial charge in [0.25, 0.3) is 11.8 Å². The molecule has 2 aliphatic rings. The van der Waals surface area contributed by atoms with Gasteiger partial charge in [0.1, 0.15) is 0 Å². The minimum Gasteiger partial charge on any atom is -0.493 e. The maximum absolute atomic E-state index is 13.4. The van der Waals surface area contributed by atoms with Gasteiger partial charge >= 0.3 is 0 Å². The number of nitrogens with zero attached hydrogens (tertiary/aromatic N) is 1. The quantitative estimate of drug-likeness (QED) is 0.709. The molecule has 1 saturated heterocycles. The van der Waals surface area contributed by atoms with Crippen LogP contribution < -0.4 is 24.7 Å². The molecule has 1 atom stereocenters. The molecule has 4 rings (SSSR count). The van der Waals surface area contributed by atoms with Crippen LogP contribution in [0, 0.1) is 0 Å². The molecule has 170 valence electrons. The van der Waals surface area contributed by atoms with Crippen LogP contribution in [0.15, 0.2) is 30.3 Å². The van der Waals surface area contributed by atoms with Gasteiger partial charge in [-0.2, -0.15) is 0 Å². The van der Waals surface area contributed by atoms with Crippen LogP contribution in [0.3, 0.4) is 0 Å². The molecule has 32 heavy (non-hydrogen) atoms. The molecule has 1 fully saturated rings. The summed E-state index contributed by atoms with van der Waals surface area (Å²) in [6.07, 6.45) is 2.56. The summed E-state index contributed by atoms with van der Waals surface area (Å²) in [5.41, 5.74) is 6.51. The van der Waals surface area contributed by atoms with E-state index >= 15 is 0 Å². The Morgan fingerprint density at radius 3 is 2.69 bits per heavy atom. The molecule has 2 amide bonds. The minimum atomic E-state index is -0.640. The highest BCUT2D eigenvalue weighted by Crippen LogP contribution is 2.40. The van der Waals surface area contributed by atoms with E-state index in [0.29, 0.717) is 31.1 Å². The van der Waals surface area contributed by atoms with Crippen molar-refractivity contribution in [2.75, 3.05) is 33.5 Å². The summed E-state index contributed by atoms with van der Waals surface area (Å²) in [6, 6.07) is 8.85. The van der Waals surface area contributed by atoms with Crippen molar-refractivity contribution in [1.82, 2.24) is 4.90 Å². The molecule has 8 nitrogen and oxygen atoms in total. The molecule has 9 heteroatoms. The number of hydrogen-bond acceptors (Lipinski definition) is 6. The van der Waals surface area contributed by atoms with E-state index in [0.717, 1.165) is 30.6 Å². The lowest BCUT2D eigenvalue weighted by Gasteiger charge is -2.26. The molecule has 1 unspecified atom stereocenters. The standard InChI is InChI=1S/C23H25ClN2O6/c1-29-20-12-15(10-16(24)22(20)32-13-21(25)27)23(28)26-7-2-4-17(26)14-5-6-18-19(11-14)31-9-3-8-30-18/h5-6,10-12,17H,2-4,7-9,13H2,1H3,(H2,25,27). The number of carbonyl (C=O) groups excluding carboxylic acids is 2. The number of likely N-dealkylation sites (tertiary alicyclic amines) is 1. The van der Waals surface area contributed by atoms with E-state index < -0.39 is 5.91 Å². The van der Waals surface area contributed by atoms with Crippen molar-refractivity contribution in [2.45, 2.75) is 25.3 Å². The second-order valence-corrected chi connectivity index (χ2v) is 8.06. The number of benzene rings is 2. The molecule has 0 aromatic heterocycles. The summed E-state index contributed by atoms with van der Waals surface area (Å²) in [5.74, 6) is 1.06. The van der Waals surface area contributed by atoms with Crippen molar-refractivity contribution >= 4 is 23.4 Å². The van der Waals surface area contributed by atoms with Crippen molar-refractivity contribution in [3.63, 3.8) is 0 Å². The number of carbonyl (C=O) groups is 2. The van der Waals surface area contributed by atoms with Gasteiger partial charge in [-0.05, 0) is 42.7 Å². The zero-order valence-corrected chi connectivity index (χ0v) is 18.5. The fraction of sp³-hybridized carbons (Fsp3) is 0.391. The average molecular weight is 461 g/mol. The van der Waals surface area contributed by atoms with Crippen molar-refractivity contribution in [2.24, 2.45) is 5.73 Å². The predicted octanol–water partition coefficient (Wildman–Crippen LogP) is 3.35. The van der Waals surface area contributed by atoms with Crippen LogP contribution in [0.4, 0.5) is 0 Å². The van der Waals surface area contributed by atoms with Crippen molar-refractivity contribution in [3.05, 3.63) is 46.5 Å². The molecule has 0 radical (unpaired) electrons. The first-order valence-corrected chi connectivity index (χ1v) is 10.8. The molecule has 2 aliphatic heterocycles. The summed E-state index contributed by atoms with van der Waals surface area (Å²) in [6.45, 7) is 1.51. The third-order valence-electron chi connectivity index (χ3n) is 5.51. The van der Waals surface area contributed by atoms with Crippen molar-refractivity contribution in [1.29, 1.82) is 0 Å². The maximum atomic E-state index is 13.4. The zero-order valence-electron chi connectivity index (χ0n) is 17.8. The molecule has 2 aromatic rings. The Morgan fingerprint density at radius 1 is 1.16 bits per heavy atom. The van der Waals surface area contributed by atoms with Crippen molar-refractivity contribution in [3.8, 4) is 23.0 Å². The molecular weight excluding hydrogens is 436 g/mol. The van der Waals surface area contributed by atoms with Gasteiger partial charge in [0, 0.05) is 18.5 Å². The summed E-state index contributed by atoms with van der Waals surface area (Å²) in [4.78, 5) is 26.3. The topological polar surface area (TPSA) is 100 Å². The number of primary amides is 1. The van der Waals surface area contributed by atoms with Gasteiger partial charge < -0.3 is 29.6 Å². The first kappa shape index (κ1) is 22.1. The Balaban J connectivity index is 1.59. The monoisotopic (exact) mass is 460 g/mol. The molecule has 2 aromatic carbocycles. The van der Waals surface area contributed by atoms with E-state index in [1.54, 1.807) is 6.07 Å². The number of nitrogens with two attached hydrogens (primary N) is 1. The number of rotatable bonds is 6. The Bertz CT molecular complexity index is 1030. The number of halogens is 1. The first-order valence-electron chi connectivity index (χ1n) is 10.5. The van der Waals surface area contributed by atoms with Crippen LogP contribution >= 0.6 is 11.6 Å². The Labute approximate surface area is 191 Å². The first-order chi connectivity index (χ1) is 15.5. The molecule has 0 saturated carbocycles. The highest BCUT2D eigenvalue weighted by atomic mass is 35.5. The fourth-order valence-electron chi connectivity index (χ4n) is 4.04. The molecule has 0 spiro atoms. The summed E-state index contributed by atoms with van der Waals surface area (Å²) < 4.78 is 22.2. The smallest absolute Gasteiger partial charge is 0.255 e. The third kappa shape index (κ3) is 4.55. The Kier molecular flexibility index (Phi) is 6.60. The molecule has 2 N–H and O–H groups in total. The lowest BCUT2D eigenvalue weighted by Crippen LogP contribution is -2.30. The van der Waals surface area contributed by atoms with Crippen LogP contribution in [-0.2, 0) is 4.79 Å². The van der Waals surface area contributed by atoms with Gasteiger partial charge in [-0.15, -0.1) is 0 Å².